The lowest BCUT2D eigenvalue weighted by Crippen LogP contribution is -2.40. The Kier molecular flexibility index (Phi) is 5.85. The monoisotopic (exact) mass is 460 g/mol. The lowest BCUT2D eigenvalue weighted by molar-refractivity contribution is -0.119. The van der Waals surface area contributed by atoms with E-state index < -0.39 is 22.0 Å². The van der Waals surface area contributed by atoms with Crippen molar-refractivity contribution in [3.05, 3.63) is 47.1 Å². The number of rotatable bonds is 6. The Morgan fingerprint density at radius 3 is 3.06 bits per heavy atom. The third-order valence-corrected chi connectivity index (χ3v) is 7.86. The van der Waals surface area contributed by atoms with Gasteiger partial charge in [-0.3, -0.25) is 9.59 Å². The van der Waals surface area contributed by atoms with Crippen molar-refractivity contribution >= 4 is 50.2 Å². The largest absolute Gasteiger partial charge is 0.347 e. The maximum absolute atomic E-state index is 12.9. The number of sulfonamides is 1. The average molecular weight is 461 g/mol. The van der Waals surface area contributed by atoms with E-state index in [4.69, 9.17) is 5.41 Å². The first-order valence-electron chi connectivity index (χ1n) is 9.52. The molecule has 162 valence electrons. The van der Waals surface area contributed by atoms with Gasteiger partial charge in [0.2, 0.25) is 15.9 Å². The summed E-state index contributed by atoms with van der Waals surface area (Å²) in [6, 6.07) is 3.49. The van der Waals surface area contributed by atoms with E-state index in [1.54, 1.807) is 12.4 Å². The summed E-state index contributed by atoms with van der Waals surface area (Å²) in [4.78, 5) is 30.1. The number of thiazole rings is 1. The standard InChI is InChI=1S/C19H20N6O4S2/c20-6-2-7-21-19-23-11-13(30-19)10-22-17(26)12-4-5-16-14(9-12)24-18(27)15-3-1-8-25(15)31(16,28)29/h2,4-7,9,11,15,20H,1,3,8,10H2,(H,21,23)(H,22,26)(H,24,27)/b7-2-,20-6?. The first-order valence-corrected chi connectivity index (χ1v) is 11.8. The lowest BCUT2D eigenvalue weighted by atomic mass is 10.1. The summed E-state index contributed by atoms with van der Waals surface area (Å²) in [5, 5.41) is 15.9. The molecule has 1 atom stereocenters. The molecule has 0 aliphatic carbocycles. The van der Waals surface area contributed by atoms with Gasteiger partial charge in [0.25, 0.3) is 5.91 Å². The van der Waals surface area contributed by atoms with Crippen LogP contribution in [0.5, 0.6) is 0 Å². The predicted molar refractivity (Wildman–Crippen MR) is 117 cm³/mol. The molecule has 1 aromatic carbocycles. The zero-order valence-corrected chi connectivity index (χ0v) is 17.9. The quantitative estimate of drug-likeness (QED) is 0.484. The van der Waals surface area contributed by atoms with Gasteiger partial charge in [0.15, 0.2) is 5.13 Å². The number of carbonyl (C=O) groups excluding carboxylic acids is 2. The van der Waals surface area contributed by atoms with E-state index in [1.165, 1.54) is 39.9 Å². The van der Waals surface area contributed by atoms with E-state index >= 15 is 0 Å². The molecule has 10 nitrogen and oxygen atoms in total. The summed E-state index contributed by atoms with van der Waals surface area (Å²) < 4.78 is 27.1. The highest BCUT2D eigenvalue weighted by Crippen LogP contribution is 2.34. The van der Waals surface area contributed by atoms with Crippen molar-refractivity contribution in [1.82, 2.24) is 14.6 Å². The van der Waals surface area contributed by atoms with E-state index in [9.17, 15) is 18.0 Å². The fourth-order valence-corrected chi connectivity index (χ4v) is 6.04. The first-order chi connectivity index (χ1) is 14.9. The molecular weight excluding hydrogens is 440 g/mol. The van der Waals surface area contributed by atoms with Gasteiger partial charge in [-0.15, -0.1) is 0 Å². The van der Waals surface area contributed by atoms with Crippen LogP contribution in [-0.4, -0.2) is 48.3 Å². The Morgan fingerprint density at radius 2 is 2.26 bits per heavy atom. The zero-order chi connectivity index (χ0) is 22.0. The minimum Gasteiger partial charge on any atom is -0.347 e. The van der Waals surface area contributed by atoms with Crippen LogP contribution in [-0.2, 0) is 21.4 Å². The van der Waals surface area contributed by atoms with Crippen LogP contribution in [0.2, 0.25) is 0 Å². The van der Waals surface area contributed by atoms with E-state index in [0.717, 1.165) is 11.1 Å². The summed E-state index contributed by atoms with van der Waals surface area (Å²) in [5.41, 5.74) is 0.363. The van der Waals surface area contributed by atoms with Crippen LogP contribution in [0.25, 0.3) is 0 Å². The molecular formula is C19H20N6O4S2. The van der Waals surface area contributed by atoms with Crippen molar-refractivity contribution < 1.29 is 18.0 Å². The van der Waals surface area contributed by atoms with Crippen molar-refractivity contribution in [2.24, 2.45) is 0 Å². The summed E-state index contributed by atoms with van der Waals surface area (Å²) in [6.45, 7) is 0.551. The molecule has 0 bridgehead atoms. The van der Waals surface area contributed by atoms with Gasteiger partial charge >= 0.3 is 0 Å². The molecule has 0 radical (unpaired) electrons. The number of carbonyl (C=O) groups is 2. The number of anilines is 2. The second-order valence-corrected chi connectivity index (χ2v) is 9.93. The third kappa shape index (κ3) is 4.22. The van der Waals surface area contributed by atoms with Gasteiger partial charge < -0.3 is 21.4 Å². The SMILES string of the molecule is N=C/C=C\Nc1ncc(CNC(=O)c2ccc3c(c2)NC(=O)C2CCCN2S3(=O)=O)s1. The normalized spacial score (nSPS) is 19.9. The highest BCUT2D eigenvalue weighted by molar-refractivity contribution is 7.89. The van der Waals surface area contributed by atoms with E-state index in [2.05, 4.69) is 20.9 Å². The molecule has 2 amide bonds. The topological polar surface area (TPSA) is 144 Å². The highest BCUT2D eigenvalue weighted by Gasteiger charge is 2.43. The van der Waals surface area contributed by atoms with E-state index in [0.29, 0.717) is 24.5 Å². The fraction of sp³-hybridized carbons (Fsp3) is 0.263. The maximum Gasteiger partial charge on any atom is 0.251 e. The van der Waals surface area contributed by atoms with Crippen LogP contribution in [0, 0.1) is 5.41 Å². The number of nitrogens with one attached hydrogen (secondary N) is 4. The van der Waals surface area contributed by atoms with Crippen molar-refractivity contribution in [3.8, 4) is 0 Å². The average Bonchev–Trinajstić information content (AvgIpc) is 3.40. The van der Waals surface area contributed by atoms with Crippen LogP contribution in [0.3, 0.4) is 0 Å². The molecule has 0 saturated carbocycles. The maximum atomic E-state index is 12.9. The van der Waals surface area contributed by atoms with Crippen LogP contribution < -0.4 is 16.0 Å². The van der Waals surface area contributed by atoms with Gasteiger partial charge in [0, 0.05) is 35.6 Å². The van der Waals surface area contributed by atoms with E-state index in [-0.39, 0.29) is 28.6 Å². The Balaban J connectivity index is 1.48. The van der Waals surface area contributed by atoms with Crippen molar-refractivity contribution in [3.63, 3.8) is 0 Å². The molecule has 31 heavy (non-hydrogen) atoms. The number of aromatic nitrogens is 1. The van der Waals surface area contributed by atoms with Crippen molar-refractivity contribution in [2.45, 2.75) is 30.3 Å². The van der Waals surface area contributed by atoms with Gasteiger partial charge in [-0.05, 0) is 37.1 Å². The molecule has 2 aromatic rings. The lowest BCUT2D eigenvalue weighted by Gasteiger charge is -2.19. The van der Waals surface area contributed by atoms with Crippen molar-refractivity contribution in [1.29, 1.82) is 5.41 Å². The third-order valence-electron chi connectivity index (χ3n) is 4.97. The van der Waals surface area contributed by atoms with Gasteiger partial charge in [-0.2, -0.15) is 4.31 Å². The fourth-order valence-electron chi connectivity index (χ4n) is 3.52. The van der Waals surface area contributed by atoms with Gasteiger partial charge in [0.1, 0.15) is 10.9 Å². The smallest absolute Gasteiger partial charge is 0.251 e. The number of amides is 2. The molecule has 2 aliphatic rings. The van der Waals surface area contributed by atoms with Gasteiger partial charge in [-0.1, -0.05) is 11.3 Å². The summed E-state index contributed by atoms with van der Waals surface area (Å²) >= 11 is 1.35. The molecule has 4 N–H and O–H groups in total. The van der Waals surface area contributed by atoms with Crippen molar-refractivity contribution in [2.75, 3.05) is 17.2 Å². The molecule has 1 saturated heterocycles. The molecule has 3 heterocycles. The van der Waals surface area contributed by atoms with Crippen LogP contribution in [0.1, 0.15) is 28.1 Å². The Labute approximate surface area is 182 Å². The highest BCUT2D eigenvalue weighted by atomic mass is 32.2. The number of hydrogen-bond donors (Lipinski definition) is 4. The Hall–Kier alpha value is -3.09. The summed E-state index contributed by atoms with van der Waals surface area (Å²) in [6.07, 6.45) is 6.99. The summed E-state index contributed by atoms with van der Waals surface area (Å²) in [7, 11) is -3.81. The van der Waals surface area contributed by atoms with Crippen LogP contribution in [0.15, 0.2) is 41.6 Å². The summed E-state index contributed by atoms with van der Waals surface area (Å²) in [5.74, 6) is -0.773. The van der Waals surface area contributed by atoms with Crippen LogP contribution >= 0.6 is 11.3 Å². The molecule has 4 rings (SSSR count). The molecule has 1 unspecified atom stereocenters. The predicted octanol–water partition coefficient (Wildman–Crippen LogP) is 1.75. The second kappa shape index (κ2) is 8.57. The first kappa shape index (κ1) is 21.2. The number of benzene rings is 1. The number of allylic oxidation sites excluding steroid dienone is 1. The number of nitrogens with zero attached hydrogens (tertiary/aromatic N) is 2. The number of fused-ring (bicyclic) bond motifs is 2. The molecule has 12 heteroatoms. The number of hydrogen-bond acceptors (Lipinski definition) is 8. The Bertz CT molecular complexity index is 1170. The molecule has 0 spiro atoms. The minimum absolute atomic E-state index is 0.00190. The molecule has 2 aliphatic heterocycles. The van der Waals surface area contributed by atoms with Gasteiger partial charge in [0.05, 0.1) is 12.2 Å². The van der Waals surface area contributed by atoms with Gasteiger partial charge in [-0.25, -0.2) is 13.4 Å². The van der Waals surface area contributed by atoms with Crippen LogP contribution in [0.4, 0.5) is 10.8 Å². The second-order valence-electron chi connectivity index (χ2n) is 6.96. The van der Waals surface area contributed by atoms with E-state index in [1.807, 2.05) is 0 Å². The Morgan fingerprint density at radius 1 is 1.42 bits per heavy atom. The minimum atomic E-state index is -3.81. The molecule has 1 fully saturated rings. The molecule has 1 aromatic heterocycles. The zero-order valence-electron chi connectivity index (χ0n) is 16.3.